The van der Waals surface area contributed by atoms with Crippen molar-refractivity contribution in [3.05, 3.63) is 69.7 Å². The van der Waals surface area contributed by atoms with Crippen LogP contribution < -0.4 is 0 Å². The maximum absolute atomic E-state index is 13.8. The number of aryl methyl sites for hydroxylation is 1. The molecule has 106 valence electrons. The second-order valence-corrected chi connectivity index (χ2v) is 4.93. The molecule has 0 aliphatic rings. The molecule has 0 aliphatic carbocycles. The summed E-state index contributed by atoms with van der Waals surface area (Å²) in [6.45, 7) is 1.55. The molecule has 0 aliphatic heterocycles. The monoisotopic (exact) mass is 305 g/mol. The van der Waals surface area contributed by atoms with E-state index in [1.54, 1.807) is 13.0 Å². The van der Waals surface area contributed by atoms with E-state index in [1.807, 2.05) is 0 Å². The molecule has 0 spiro atoms. The molecule has 0 amide bonds. The van der Waals surface area contributed by atoms with E-state index in [4.69, 9.17) is 11.6 Å². The normalized spacial score (nSPS) is 11.8. The van der Waals surface area contributed by atoms with Crippen molar-refractivity contribution < 1.29 is 13.6 Å². The predicted molar refractivity (Wildman–Crippen MR) is 75.2 cm³/mol. The van der Waals surface area contributed by atoms with Gasteiger partial charge >= 0.3 is 0 Å². The average Bonchev–Trinajstić information content (AvgIpc) is 2.45. The van der Waals surface area contributed by atoms with Crippen LogP contribution in [0.25, 0.3) is 0 Å². The summed E-state index contributed by atoms with van der Waals surface area (Å²) in [6, 6.07) is 9.50. The zero-order valence-electron chi connectivity index (χ0n) is 11.0. The SMILES string of the molecule is Cc1ccc(C(=O)C(C#N)c2c(F)cccc2Cl)cc1F. The smallest absolute Gasteiger partial charge is 0.184 e. The summed E-state index contributed by atoms with van der Waals surface area (Å²) in [4.78, 5) is 12.3. The van der Waals surface area contributed by atoms with Gasteiger partial charge < -0.3 is 0 Å². The summed E-state index contributed by atoms with van der Waals surface area (Å²) in [7, 11) is 0. The first-order valence-electron chi connectivity index (χ1n) is 6.09. The van der Waals surface area contributed by atoms with Crippen LogP contribution in [0, 0.1) is 29.9 Å². The van der Waals surface area contributed by atoms with Gasteiger partial charge in [0.1, 0.15) is 17.6 Å². The van der Waals surface area contributed by atoms with Crippen molar-refractivity contribution in [1.82, 2.24) is 0 Å². The van der Waals surface area contributed by atoms with E-state index in [1.165, 1.54) is 24.3 Å². The third-order valence-corrected chi connectivity index (χ3v) is 3.47. The highest BCUT2D eigenvalue weighted by molar-refractivity contribution is 6.31. The predicted octanol–water partition coefficient (Wildman–Crippen LogP) is 4.42. The summed E-state index contributed by atoms with van der Waals surface area (Å²) >= 11 is 5.87. The highest BCUT2D eigenvalue weighted by Gasteiger charge is 2.27. The summed E-state index contributed by atoms with van der Waals surface area (Å²) in [5.41, 5.74) is 0.195. The minimum Gasteiger partial charge on any atom is -0.292 e. The van der Waals surface area contributed by atoms with Gasteiger partial charge in [-0.2, -0.15) is 5.26 Å². The standard InChI is InChI=1S/C16H10ClF2NO/c1-9-5-6-10(7-14(9)19)16(21)11(8-20)15-12(17)3-2-4-13(15)18/h2-7,11H,1H3. The van der Waals surface area contributed by atoms with Crippen molar-refractivity contribution >= 4 is 17.4 Å². The van der Waals surface area contributed by atoms with Crippen LogP contribution in [-0.2, 0) is 0 Å². The van der Waals surface area contributed by atoms with Crippen LogP contribution in [0.15, 0.2) is 36.4 Å². The molecule has 2 nitrogen and oxygen atoms in total. The minimum atomic E-state index is -1.42. The molecule has 5 heteroatoms. The lowest BCUT2D eigenvalue weighted by atomic mass is 9.91. The van der Waals surface area contributed by atoms with Crippen LogP contribution in [0.2, 0.25) is 5.02 Å². The molecule has 0 fully saturated rings. The second-order valence-electron chi connectivity index (χ2n) is 4.53. The number of nitrogens with zero attached hydrogens (tertiary/aromatic N) is 1. The number of nitriles is 1. The van der Waals surface area contributed by atoms with E-state index < -0.39 is 23.3 Å². The van der Waals surface area contributed by atoms with Gasteiger partial charge in [-0.3, -0.25) is 4.79 Å². The fourth-order valence-corrected chi connectivity index (χ4v) is 2.23. The van der Waals surface area contributed by atoms with Crippen LogP contribution in [0.4, 0.5) is 8.78 Å². The lowest BCUT2D eigenvalue weighted by molar-refractivity contribution is 0.0977. The van der Waals surface area contributed by atoms with Gasteiger partial charge in [0, 0.05) is 16.1 Å². The van der Waals surface area contributed by atoms with Gasteiger partial charge in [0.25, 0.3) is 0 Å². The Kier molecular flexibility index (Phi) is 4.35. The molecule has 2 aromatic rings. The molecule has 0 saturated heterocycles. The second kappa shape index (κ2) is 6.02. The third kappa shape index (κ3) is 2.93. The zero-order chi connectivity index (χ0) is 15.6. The molecule has 21 heavy (non-hydrogen) atoms. The van der Waals surface area contributed by atoms with Gasteiger partial charge in [-0.05, 0) is 30.7 Å². The molecule has 0 bridgehead atoms. The lowest BCUT2D eigenvalue weighted by Gasteiger charge is -2.12. The number of ketones is 1. The van der Waals surface area contributed by atoms with Crippen LogP contribution in [0.1, 0.15) is 27.4 Å². The highest BCUT2D eigenvalue weighted by atomic mass is 35.5. The molecule has 0 radical (unpaired) electrons. The van der Waals surface area contributed by atoms with Gasteiger partial charge in [-0.1, -0.05) is 29.8 Å². The number of hydrogen-bond donors (Lipinski definition) is 0. The third-order valence-electron chi connectivity index (χ3n) is 3.14. The maximum atomic E-state index is 13.8. The molecule has 0 heterocycles. The van der Waals surface area contributed by atoms with Crippen molar-refractivity contribution in [3.8, 4) is 6.07 Å². The lowest BCUT2D eigenvalue weighted by Crippen LogP contribution is -2.14. The Morgan fingerprint density at radius 1 is 1.24 bits per heavy atom. The van der Waals surface area contributed by atoms with Gasteiger partial charge in [-0.15, -0.1) is 0 Å². The molecular formula is C16H10ClF2NO. The molecule has 0 aromatic heterocycles. The molecule has 0 N–H and O–H groups in total. The van der Waals surface area contributed by atoms with Crippen molar-refractivity contribution in [3.63, 3.8) is 0 Å². The molecule has 1 unspecified atom stereocenters. The van der Waals surface area contributed by atoms with E-state index in [2.05, 4.69) is 0 Å². The fraction of sp³-hybridized carbons (Fsp3) is 0.125. The summed E-state index contributed by atoms with van der Waals surface area (Å²) < 4.78 is 27.4. The van der Waals surface area contributed by atoms with E-state index >= 15 is 0 Å². The maximum Gasteiger partial charge on any atom is 0.184 e. The van der Waals surface area contributed by atoms with Crippen LogP contribution in [0.5, 0.6) is 0 Å². The summed E-state index contributed by atoms with van der Waals surface area (Å²) in [5.74, 6) is -3.41. The quantitative estimate of drug-likeness (QED) is 0.788. The molecule has 2 rings (SSSR count). The van der Waals surface area contributed by atoms with Crippen molar-refractivity contribution in [2.24, 2.45) is 0 Å². The Hall–Kier alpha value is -2.25. The number of hydrogen-bond acceptors (Lipinski definition) is 2. The number of halogens is 3. The first-order valence-corrected chi connectivity index (χ1v) is 6.47. The first-order chi connectivity index (χ1) is 9.95. The molecule has 1 atom stereocenters. The van der Waals surface area contributed by atoms with Gasteiger partial charge in [-0.25, -0.2) is 8.78 Å². The van der Waals surface area contributed by atoms with E-state index in [9.17, 15) is 18.8 Å². The highest BCUT2D eigenvalue weighted by Crippen LogP contribution is 2.30. The summed E-state index contributed by atoms with van der Waals surface area (Å²) in [6.07, 6.45) is 0. The van der Waals surface area contributed by atoms with Crippen molar-refractivity contribution in [2.75, 3.05) is 0 Å². The number of benzene rings is 2. The Bertz CT molecular complexity index is 732. The van der Waals surface area contributed by atoms with Crippen molar-refractivity contribution in [2.45, 2.75) is 12.8 Å². The van der Waals surface area contributed by atoms with Gasteiger partial charge in [0.05, 0.1) is 6.07 Å². The Morgan fingerprint density at radius 3 is 2.52 bits per heavy atom. The minimum absolute atomic E-state index is 0.00368. The summed E-state index contributed by atoms with van der Waals surface area (Å²) in [5, 5.41) is 9.18. The Balaban J connectivity index is 2.49. The topological polar surface area (TPSA) is 40.9 Å². The zero-order valence-corrected chi connectivity index (χ0v) is 11.8. The van der Waals surface area contributed by atoms with Crippen LogP contribution >= 0.6 is 11.6 Å². The van der Waals surface area contributed by atoms with Gasteiger partial charge in [0.15, 0.2) is 5.78 Å². The van der Waals surface area contributed by atoms with Crippen molar-refractivity contribution in [1.29, 1.82) is 5.26 Å². The number of carbonyl (C=O) groups excluding carboxylic acids is 1. The van der Waals surface area contributed by atoms with E-state index in [-0.39, 0.29) is 16.1 Å². The fourth-order valence-electron chi connectivity index (χ4n) is 1.95. The largest absolute Gasteiger partial charge is 0.292 e. The van der Waals surface area contributed by atoms with Crippen LogP contribution in [-0.4, -0.2) is 5.78 Å². The molecule has 2 aromatic carbocycles. The number of rotatable bonds is 3. The molecular weight excluding hydrogens is 296 g/mol. The number of carbonyl (C=O) groups is 1. The Morgan fingerprint density at radius 2 is 1.95 bits per heavy atom. The molecule has 0 saturated carbocycles. The number of Topliss-reactive ketones (excluding diaryl/α,β-unsaturated/α-hetero) is 1. The Labute approximate surface area is 125 Å². The first kappa shape index (κ1) is 15.1. The van der Waals surface area contributed by atoms with E-state index in [0.29, 0.717) is 5.56 Å². The van der Waals surface area contributed by atoms with E-state index in [0.717, 1.165) is 12.1 Å². The van der Waals surface area contributed by atoms with Gasteiger partial charge in [0.2, 0.25) is 0 Å². The average molecular weight is 306 g/mol. The van der Waals surface area contributed by atoms with Crippen LogP contribution in [0.3, 0.4) is 0 Å².